The van der Waals surface area contributed by atoms with E-state index in [4.69, 9.17) is 9.47 Å². The third-order valence-electron chi connectivity index (χ3n) is 9.40. The van der Waals surface area contributed by atoms with E-state index < -0.39 is 5.97 Å². The highest BCUT2D eigenvalue weighted by Crippen LogP contribution is 2.47. The summed E-state index contributed by atoms with van der Waals surface area (Å²) in [5.74, 6) is 0.118. The van der Waals surface area contributed by atoms with Crippen molar-refractivity contribution in [2.45, 2.75) is 64.3 Å². The number of carbonyl (C=O) groups is 3. The van der Waals surface area contributed by atoms with E-state index in [0.717, 1.165) is 59.1 Å². The van der Waals surface area contributed by atoms with Crippen LogP contribution in [0.2, 0.25) is 0 Å². The fourth-order valence-electron chi connectivity index (χ4n) is 7.37. The van der Waals surface area contributed by atoms with E-state index in [-0.39, 0.29) is 24.9 Å². The molecule has 2 amide bonds. The van der Waals surface area contributed by atoms with Gasteiger partial charge in [0.05, 0.1) is 36.2 Å². The number of likely N-dealkylation sites (tertiary alicyclic amines) is 1. The minimum absolute atomic E-state index is 0.00390. The molecule has 1 aliphatic carbocycles. The van der Waals surface area contributed by atoms with Gasteiger partial charge >= 0.3 is 5.97 Å². The molecule has 2 aromatic carbocycles. The van der Waals surface area contributed by atoms with Crippen molar-refractivity contribution in [2.24, 2.45) is 5.92 Å². The number of carbonyl (C=O) groups excluding carboxylic acids is 3. The minimum atomic E-state index is -0.400. The van der Waals surface area contributed by atoms with Crippen LogP contribution < -0.4 is 4.90 Å². The zero-order chi connectivity index (χ0) is 29.4. The number of fused-ring (bicyclic) bond motifs is 5. The van der Waals surface area contributed by atoms with Crippen molar-refractivity contribution < 1.29 is 23.9 Å². The number of hydrogen-bond donors (Lipinski definition) is 0. The van der Waals surface area contributed by atoms with E-state index in [0.29, 0.717) is 37.1 Å². The van der Waals surface area contributed by atoms with Gasteiger partial charge in [-0.2, -0.15) is 0 Å². The van der Waals surface area contributed by atoms with E-state index in [1.54, 1.807) is 12.0 Å². The molecular weight excluding hydrogens is 530 g/mol. The number of ether oxygens (including phenoxy) is 2. The molecule has 8 nitrogen and oxygen atoms in total. The van der Waals surface area contributed by atoms with Gasteiger partial charge in [-0.25, -0.2) is 4.79 Å². The maximum Gasteiger partial charge on any atom is 0.337 e. The Labute approximate surface area is 247 Å². The highest BCUT2D eigenvalue weighted by Gasteiger charge is 2.35. The van der Waals surface area contributed by atoms with Crippen molar-refractivity contribution in [3.63, 3.8) is 0 Å². The standard InChI is InChI=1S/C34H41N3O5/c1-22-11-13-27-28(16-22)36(19-30(38)35-15-7-8-23(18-35)21-41-2)31(39)20-37-29-17-25(34(40)42-3)12-14-26(29)32(33(27)37)24-9-5-4-6-10-24/h11-14,16-17,23-24H,4-10,15,18-21H2,1-3H3. The lowest BCUT2D eigenvalue weighted by molar-refractivity contribution is -0.133. The number of aromatic nitrogens is 1. The number of methoxy groups -OCH3 is 2. The lowest BCUT2D eigenvalue weighted by Gasteiger charge is -2.34. The lowest BCUT2D eigenvalue weighted by Crippen LogP contribution is -2.47. The second kappa shape index (κ2) is 11.9. The van der Waals surface area contributed by atoms with Crippen molar-refractivity contribution >= 4 is 34.4 Å². The summed E-state index contributed by atoms with van der Waals surface area (Å²) in [5.41, 5.74) is 6.40. The Hall–Kier alpha value is -3.65. The van der Waals surface area contributed by atoms with Gasteiger partial charge in [0.15, 0.2) is 0 Å². The van der Waals surface area contributed by atoms with E-state index in [2.05, 4.69) is 16.7 Å². The quantitative estimate of drug-likeness (QED) is 0.356. The molecule has 0 bridgehead atoms. The smallest absolute Gasteiger partial charge is 0.337 e. The number of nitrogens with zero attached hydrogens (tertiary/aromatic N) is 3. The summed E-state index contributed by atoms with van der Waals surface area (Å²) in [4.78, 5) is 44.0. The van der Waals surface area contributed by atoms with Gasteiger partial charge < -0.3 is 23.8 Å². The summed E-state index contributed by atoms with van der Waals surface area (Å²) in [6.45, 7) is 4.11. The van der Waals surface area contributed by atoms with E-state index >= 15 is 0 Å². The first kappa shape index (κ1) is 28.5. The van der Waals surface area contributed by atoms with Crippen LogP contribution in [0.5, 0.6) is 0 Å². The predicted octanol–water partition coefficient (Wildman–Crippen LogP) is 5.68. The largest absolute Gasteiger partial charge is 0.465 e. The number of piperidine rings is 1. The first-order valence-corrected chi connectivity index (χ1v) is 15.3. The van der Waals surface area contributed by atoms with Crippen molar-refractivity contribution in [1.82, 2.24) is 9.47 Å². The van der Waals surface area contributed by atoms with Gasteiger partial charge in [-0.15, -0.1) is 0 Å². The van der Waals surface area contributed by atoms with Gasteiger partial charge in [-0.05, 0) is 73.8 Å². The molecule has 0 N–H and O–H groups in total. The second-order valence-corrected chi connectivity index (χ2v) is 12.2. The minimum Gasteiger partial charge on any atom is -0.465 e. The van der Waals surface area contributed by atoms with Crippen LogP contribution in [-0.2, 0) is 25.6 Å². The fraction of sp³-hybridized carbons (Fsp3) is 0.500. The Kier molecular flexibility index (Phi) is 8.08. The number of esters is 1. The van der Waals surface area contributed by atoms with Gasteiger partial charge in [0, 0.05) is 31.1 Å². The van der Waals surface area contributed by atoms with Crippen LogP contribution in [0, 0.1) is 12.8 Å². The first-order valence-electron chi connectivity index (χ1n) is 15.3. The molecule has 2 fully saturated rings. The zero-order valence-electron chi connectivity index (χ0n) is 25.0. The van der Waals surface area contributed by atoms with Crippen molar-refractivity contribution in [3.8, 4) is 11.3 Å². The Balaban J connectivity index is 1.47. The molecule has 3 aromatic rings. The summed E-state index contributed by atoms with van der Waals surface area (Å²) in [6, 6.07) is 12.0. The van der Waals surface area contributed by atoms with Crippen LogP contribution in [0.4, 0.5) is 5.69 Å². The van der Waals surface area contributed by atoms with Gasteiger partial charge in [0.2, 0.25) is 11.8 Å². The van der Waals surface area contributed by atoms with E-state index in [1.165, 1.54) is 31.9 Å². The molecule has 6 rings (SSSR count). The monoisotopic (exact) mass is 571 g/mol. The number of anilines is 1. The maximum absolute atomic E-state index is 14.2. The van der Waals surface area contributed by atoms with Crippen LogP contribution in [0.25, 0.3) is 22.2 Å². The van der Waals surface area contributed by atoms with E-state index in [9.17, 15) is 14.4 Å². The Bertz CT molecular complexity index is 1520. The fourth-order valence-corrected chi connectivity index (χ4v) is 7.37. The molecule has 1 saturated carbocycles. The van der Waals surface area contributed by atoms with Gasteiger partial charge in [0.1, 0.15) is 13.1 Å². The summed E-state index contributed by atoms with van der Waals surface area (Å²) in [7, 11) is 3.08. The van der Waals surface area contributed by atoms with Crippen LogP contribution in [0.15, 0.2) is 36.4 Å². The Morgan fingerprint density at radius 1 is 0.976 bits per heavy atom. The molecule has 222 valence electrons. The highest BCUT2D eigenvalue weighted by molar-refractivity contribution is 6.07. The second-order valence-electron chi connectivity index (χ2n) is 12.2. The van der Waals surface area contributed by atoms with Crippen LogP contribution in [-0.4, -0.2) is 67.7 Å². The highest BCUT2D eigenvalue weighted by atomic mass is 16.5. The SMILES string of the molecule is COCC1CCCN(C(=O)CN2C(=O)Cn3c(c(C4CCCCC4)c4ccc(C(=O)OC)cc43)-c3ccc(C)cc32)C1. The number of hydrogen-bond acceptors (Lipinski definition) is 5. The number of rotatable bonds is 6. The van der Waals surface area contributed by atoms with Crippen LogP contribution in [0.1, 0.15) is 72.3 Å². The van der Waals surface area contributed by atoms with Crippen molar-refractivity contribution in [1.29, 1.82) is 0 Å². The van der Waals surface area contributed by atoms with Gasteiger partial charge in [-0.3, -0.25) is 9.59 Å². The van der Waals surface area contributed by atoms with Gasteiger partial charge in [-0.1, -0.05) is 37.5 Å². The number of aryl methyl sites for hydroxylation is 1. The van der Waals surface area contributed by atoms with Crippen LogP contribution in [0.3, 0.4) is 0 Å². The third kappa shape index (κ3) is 5.21. The molecule has 3 aliphatic rings. The molecular formula is C34H41N3O5. The molecule has 2 aliphatic heterocycles. The van der Waals surface area contributed by atoms with E-state index in [1.807, 2.05) is 36.1 Å². The molecule has 42 heavy (non-hydrogen) atoms. The Morgan fingerprint density at radius 2 is 1.79 bits per heavy atom. The summed E-state index contributed by atoms with van der Waals surface area (Å²) < 4.78 is 12.5. The topological polar surface area (TPSA) is 81.1 Å². The summed E-state index contributed by atoms with van der Waals surface area (Å²) in [5, 5.41) is 1.09. The molecule has 8 heteroatoms. The van der Waals surface area contributed by atoms with Crippen molar-refractivity contribution in [3.05, 3.63) is 53.1 Å². The average Bonchev–Trinajstić information content (AvgIpc) is 3.27. The molecule has 0 radical (unpaired) electrons. The first-order chi connectivity index (χ1) is 20.4. The molecule has 1 unspecified atom stereocenters. The molecule has 1 atom stereocenters. The third-order valence-corrected chi connectivity index (χ3v) is 9.40. The summed E-state index contributed by atoms with van der Waals surface area (Å²) in [6.07, 6.45) is 7.77. The lowest BCUT2D eigenvalue weighted by atomic mass is 9.81. The Morgan fingerprint density at radius 3 is 2.55 bits per heavy atom. The van der Waals surface area contributed by atoms with Crippen LogP contribution >= 0.6 is 0 Å². The molecule has 3 heterocycles. The maximum atomic E-state index is 14.2. The normalized spacial score (nSPS) is 19.4. The molecule has 1 saturated heterocycles. The number of amides is 2. The number of benzene rings is 2. The predicted molar refractivity (Wildman–Crippen MR) is 163 cm³/mol. The average molecular weight is 572 g/mol. The molecule has 1 aromatic heterocycles. The zero-order valence-corrected chi connectivity index (χ0v) is 25.0. The molecule has 0 spiro atoms. The summed E-state index contributed by atoms with van der Waals surface area (Å²) >= 11 is 0. The van der Waals surface area contributed by atoms with Crippen molar-refractivity contribution in [2.75, 3.05) is 45.4 Å². The van der Waals surface area contributed by atoms with Gasteiger partial charge in [0.25, 0.3) is 0 Å².